The van der Waals surface area contributed by atoms with Gasteiger partial charge in [-0.15, -0.1) is 11.3 Å². The van der Waals surface area contributed by atoms with E-state index in [1.54, 1.807) is 33.3 Å². The molecule has 32 heavy (non-hydrogen) atoms. The van der Waals surface area contributed by atoms with Gasteiger partial charge >= 0.3 is 0 Å². The monoisotopic (exact) mass is 477 g/mol. The molecule has 0 saturated carbocycles. The molecule has 172 valence electrons. The van der Waals surface area contributed by atoms with Gasteiger partial charge in [-0.3, -0.25) is 9.59 Å². The van der Waals surface area contributed by atoms with Gasteiger partial charge in [-0.25, -0.2) is 13.1 Å². The van der Waals surface area contributed by atoms with E-state index >= 15 is 0 Å². The first-order valence-corrected chi connectivity index (χ1v) is 13.1. The molecule has 1 atom stereocenters. The Kier molecular flexibility index (Phi) is 7.24. The van der Waals surface area contributed by atoms with Crippen LogP contribution in [-0.4, -0.2) is 75.5 Å². The highest BCUT2D eigenvalue weighted by Gasteiger charge is 2.31. The molecule has 1 unspecified atom stereocenters. The SMILES string of the molecule is O=C(c1ccc(S(=O)(=O)NCCc2cccs2)cc1)N1CCN(C(=O)C2CCCO2)CC1. The van der Waals surface area contributed by atoms with Gasteiger partial charge in [0.1, 0.15) is 6.10 Å². The molecule has 3 heterocycles. The van der Waals surface area contributed by atoms with Crippen LogP contribution in [0, 0.1) is 0 Å². The third-order valence-electron chi connectivity index (χ3n) is 5.74. The zero-order valence-electron chi connectivity index (χ0n) is 17.7. The lowest BCUT2D eigenvalue weighted by Gasteiger charge is -2.35. The smallest absolute Gasteiger partial charge is 0.253 e. The van der Waals surface area contributed by atoms with E-state index in [1.165, 1.54) is 12.1 Å². The number of piperazine rings is 1. The first-order chi connectivity index (χ1) is 15.4. The van der Waals surface area contributed by atoms with Crippen molar-refractivity contribution < 1.29 is 22.7 Å². The van der Waals surface area contributed by atoms with Crippen LogP contribution in [0.5, 0.6) is 0 Å². The zero-order chi connectivity index (χ0) is 22.6. The van der Waals surface area contributed by atoms with Crippen molar-refractivity contribution in [1.29, 1.82) is 0 Å². The lowest BCUT2D eigenvalue weighted by molar-refractivity contribution is -0.142. The minimum absolute atomic E-state index is 0.00994. The number of hydrogen-bond donors (Lipinski definition) is 1. The first kappa shape index (κ1) is 22.9. The lowest BCUT2D eigenvalue weighted by Crippen LogP contribution is -2.52. The third kappa shape index (κ3) is 5.37. The molecule has 2 aliphatic heterocycles. The van der Waals surface area contributed by atoms with E-state index in [-0.39, 0.29) is 22.8 Å². The fourth-order valence-electron chi connectivity index (χ4n) is 3.91. The Morgan fingerprint density at radius 2 is 1.78 bits per heavy atom. The summed E-state index contributed by atoms with van der Waals surface area (Å²) in [5.74, 6) is -0.153. The quantitative estimate of drug-likeness (QED) is 0.655. The molecule has 0 bridgehead atoms. The molecule has 2 fully saturated rings. The molecule has 2 amide bonds. The number of carbonyl (C=O) groups is 2. The van der Waals surface area contributed by atoms with Gasteiger partial charge in [0, 0.05) is 49.8 Å². The molecule has 2 aromatic rings. The maximum Gasteiger partial charge on any atom is 0.253 e. The van der Waals surface area contributed by atoms with Crippen LogP contribution in [0.1, 0.15) is 28.1 Å². The summed E-state index contributed by atoms with van der Waals surface area (Å²) in [6.07, 6.45) is 1.96. The average molecular weight is 478 g/mol. The molecule has 0 spiro atoms. The van der Waals surface area contributed by atoms with Crippen molar-refractivity contribution in [3.63, 3.8) is 0 Å². The van der Waals surface area contributed by atoms with E-state index in [0.29, 0.717) is 51.3 Å². The van der Waals surface area contributed by atoms with Crippen molar-refractivity contribution in [2.45, 2.75) is 30.3 Å². The van der Waals surface area contributed by atoms with Crippen LogP contribution < -0.4 is 4.72 Å². The fourth-order valence-corrected chi connectivity index (χ4v) is 5.65. The maximum atomic E-state index is 12.8. The Morgan fingerprint density at radius 1 is 1.06 bits per heavy atom. The molecule has 10 heteroatoms. The molecule has 8 nitrogen and oxygen atoms in total. The second kappa shape index (κ2) is 10.1. The minimum atomic E-state index is -3.63. The second-order valence-corrected chi connectivity index (χ2v) is 10.7. The van der Waals surface area contributed by atoms with E-state index in [9.17, 15) is 18.0 Å². The summed E-state index contributed by atoms with van der Waals surface area (Å²) in [7, 11) is -3.63. The van der Waals surface area contributed by atoms with E-state index in [1.807, 2.05) is 17.5 Å². The number of amides is 2. The summed E-state index contributed by atoms with van der Waals surface area (Å²) in [6.45, 7) is 2.79. The van der Waals surface area contributed by atoms with E-state index in [2.05, 4.69) is 4.72 Å². The highest BCUT2D eigenvalue weighted by atomic mass is 32.2. The fraction of sp³-hybridized carbons (Fsp3) is 0.455. The maximum absolute atomic E-state index is 12.8. The lowest BCUT2D eigenvalue weighted by atomic mass is 10.1. The molecule has 1 aromatic heterocycles. The van der Waals surface area contributed by atoms with E-state index in [4.69, 9.17) is 4.74 Å². The zero-order valence-corrected chi connectivity index (χ0v) is 19.4. The van der Waals surface area contributed by atoms with Crippen LogP contribution in [0.25, 0.3) is 0 Å². The highest BCUT2D eigenvalue weighted by Crippen LogP contribution is 2.18. The minimum Gasteiger partial charge on any atom is -0.368 e. The molecule has 1 N–H and O–H groups in total. The molecule has 2 aliphatic rings. The Morgan fingerprint density at radius 3 is 2.41 bits per heavy atom. The summed E-state index contributed by atoms with van der Waals surface area (Å²) in [5, 5.41) is 1.96. The van der Waals surface area contributed by atoms with Crippen molar-refractivity contribution in [3.05, 3.63) is 52.2 Å². The van der Waals surface area contributed by atoms with Crippen LogP contribution in [0.4, 0.5) is 0 Å². The van der Waals surface area contributed by atoms with Crippen molar-refractivity contribution in [3.8, 4) is 0 Å². The van der Waals surface area contributed by atoms with Gasteiger partial charge in [0.25, 0.3) is 11.8 Å². The van der Waals surface area contributed by atoms with Crippen molar-refractivity contribution in [2.75, 3.05) is 39.3 Å². The second-order valence-electron chi connectivity index (χ2n) is 7.87. The predicted molar refractivity (Wildman–Crippen MR) is 121 cm³/mol. The number of nitrogens with zero attached hydrogens (tertiary/aromatic N) is 2. The number of sulfonamides is 1. The molecule has 1 aromatic carbocycles. The predicted octanol–water partition coefficient (Wildman–Crippen LogP) is 1.73. The number of thiophene rings is 1. The first-order valence-electron chi connectivity index (χ1n) is 10.8. The van der Waals surface area contributed by atoms with Gasteiger partial charge in [0.2, 0.25) is 10.0 Å². The molecule has 2 saturated heterocycles. The van der Waals surface area contributed by atoms with Crippen LogP contribution in [0.15, 0.2) is 46.7 Å². The van der Waals surface area contributed by atoms with Gasteiger partial charge in [0.05, 0.1) is 4.90 Å². The van der Waals surface area contributed by atoms with Crippen molar-refractivity contribution in [2.24, 2.45) is 0 Å². The Hall–Kier alpha value is -2.27. The van der Waals surface area contributed by atoms with Crippen LogP contribution in [0.2, 0.25) is 0 Å². The number of carbonyl (C=O) groups excluding carboxylic acids is 2. The molecule has 0 radical (unpaired) electrons. The van der Waals surface area contributed by atoms with Gasteiger partial charge in [-0.05, 0) is 55.0 Å². The molecule has 4 rings (SSSR count). The summed E-state index contributed by atoms with van der Waals surface area (Å²) < 4.78 is 33.1. The number of rotatable bonds is 7. The van der Waals surface area contributed by atoms with Crippen LogP contribution >= 0.6 is 11.3 Å². The highest BCUT2D eigenvalue weighted by molar-refractivity contribution is 7.89. The Balaban J connectivity index is 1.29. The summed E-state index contributed by atoms with van der Waals surface area (Å²) in [6, 6.07) is 9.90. The van der Waals surface area contributed by atoms with Gasteiger partial charge in [0.15, 0.2) is 0 Å². The number of nitrogens with one attached hydrogen (secondary N) is 1. The van der Waals surface area contributed by atoms with Crippen LogP contribution in [-0.2, 0) is 26.0 Å². The number of benzene rings is 1. The topological polar surface area (TPSA) is 96.0 Å². The average Bonchev–Trinajstić information content (AvgIpc) is 3.53. The van der Waals surface area contributed by atoms with E-state index < -0.39 is 10.0 Å². The summed E-state index contributed by atoms with van der Waals surface area (Å²) >= 11 is 1.59. The van der Waals surface area contributed by atoms with Crippen molar-refractivity contribution in [1.82, 2.24) is 14.5 Å². The third-order valence-corrected chi connectivity index (χ3v) is 8.15. The van der Waals surface area contributed by atoms with E-state index in [0.717, 1.165) is 17.7 Å². The molecule has 0 aliphatic carbocycles. The molecular formula is C22H27N3O5S2. The normalized spacial score (nSPS) is 19.3. The largest absolute Gasteiger partial charge is 0.368 e. The summed E-state index contributed by atoms with van der Waals surface area (Å²) in [5.41, 5.74) is 0.432. The number of hydrogen-bond acceptors (Lipinski definition) is 6. The van der Waals surface area contributed by atoms with Gasteiger partial charge in [-0.1, -0.05) is 6.07 Å². The Bertz CT molecular complexity index is 1020. The number of ether oxygens (including phenoxy) is 1. The Labute approximate surface area is 192 Å². The van der Waals surface area contributed by atoms with Gasteiger partial charge < -0.3 is 14.5 Å². The van der Waals surface area contributed by atoms with Crippen LogP contribution in [0.3, 0.4) is 0 Å². The van der Waals surface area contributed by atoms with Crippen molar-refractivity contribution >= 4 is 33.2 Å². The standard InChI is InChI=1S/C22H27N3O5S2/c26-21(24-11-13-25(14-12-24)22(27)20-4-1-15-30-20)17-5-7-19(8-6-17)32(28,29)23-10-9-18-3-2-16-31-18/h2-3,5-8,16,20,23H,1,4,9-15H2. The summed E-state index contributed by atoms with van der Waals surface area (Å²) in [4.78, 5) is 30.0. The molecular weight excluding hydrogens is 450 g/mol. The van der Waals surface area contributed by atoms with Gasteiger partial charge in [-0.2, -0.15) is 0 Å².